The number of nitrogens with zero attached hydrogens (tertiary/aromatic N) is 1. The SMILES string of the molecule is CC(C)N(CCCO)C(=O)c1cccc(I)c1. The quantitative estimate of drug-likeness (QED) is 0.832. The number of benzene rings is 1. The molecule has 0 aromatic heterocycles. The molecule has 0 atom stereocenters. The van der Waals surface area contributed by atoms with Crippen LogP contribution in [0.2, 0.25) is 0 Å². The minimum absolute atomic E-state index is 0.0342. The molecule has 0 fully saturated rings. The molecule has 0 aliphatic heterocycles. The van der Waals surface area contributed by atoms with Gasteiger partial charge in [0.15, 0.2) is 0 Å². The summed E-state index contributed by atoms with van der Waals surface area (Å²) in [5.41, 5.74) is 0.712. The summed E-state index contributed by atoms with van der Waals surface area (Å²) in [6.07, 6.45) is 0.619. The molecule has 94 valence electrons. The average Bonchev–Trinajstić information content (AvgIpc) is 2.29. The molecule has 1 rings (SSSR count). The van der Waals surface area contributed by atoms with E-state index in [0.29, 0.717) is 18.5 Å². The number of amides is 1. The minimum atomic E-state index is 0.0342. The Morgan fingerprint density at radius 2 is 2.18 bits per heavy atom. The third kappa shape index (κ3) is 4.27. The van der Waals surface area contributed by atoms with Crippen LogP contribution in [-0.4, -0.2) is 35.1 Å². The molecule has 0 spiro atoms. The van der Waals surface area contributed by atoms with E-state index in [2.05, 4.69) is 22.6 Å². The molecule has 0 aliphatic rings. The van der Waals surface area contributed by atoms with E-state index >= 15 is 0 Å². The van der Waals surface area contributed by atoms with Gasteiger partial charge >= 0.3 is 0 Å². The molecular formula is C13H18INO2. The van der Waals surface area contributed by atoms with Crippen molar-refractivity contribution < 1.29 is 9.90 Å². The van der Waals surface area contributed by atoms with Crippen LogP contribution in [-0.2, 0) is 0 Å². The lowest BCUT2D eigenvalue weighted by Crippen LogP contribution is -2.38. The van der Waals surface area contributed by atoms with E-state index in [0.717, 1.165) is 3.57 Å². The Labute approximate surface area is 116 Å². The van der Waals surface area contributed by atoms with Gasteiger partial charge < -0.3 is 10.0 Å². The molecule has 0 unspecified atom stereocenters. The predicted octanol–water partition coefficient (Wildman–Crippen LogP) is 2.52. The number of aliphatic hydroxyl groups is 1. The molecular weight excluding hydrogens is 329 g/mol. The van der Waals surface area contributed by atoms with Gasteiger partial charge in [-0.05, 0) is 61.1 Å². The Bertz CT molecular complexity index is 379. The normalized spacial score (nSPS) is 10.6. The maximum Gasteiger partial charge on any atom is 0.254 e. The number of carbonyl (C=O) groups excluding carboxylic acids is 1. The first kappa shape index (κ1) is 14.4. The zero-order chi connectivity index (χ0) is 12.8. The van der Waals surface area contributed by atoms with Crippen LogP contribution in [0.3, 0.4) is 0 Å². The number of carbonyl (C=O) groups is 1. The average molecular weight is 347 g/mol. The summed E-state index contributed by atoms with van der Waals surface area (Å²) < 4.78 is 1.05. The highest BCUT2D eigenvalue weighted by molar-refractivity contribution is 14.1. The van der Waals surface area contributed by atoms with E-state index in [1.54, 1.807) is 4.90 Å². The molecule has 1 N–H and O–H groups in total. The number of aliphatic hydroxyl groups excluding tert-OH is 1. The van der Waals surface area contributed by atoms with E-state index in [1.807, 2.05) is 38.1 Å². The van der Waals surface area contributed by atoms with E-state index in [9.17, 15) is 4.79 Å². The van der Waals surface area contributed by atoms with Gasteiger partial charge in [0, 0.05) is 28.3 Å². The first-order chi connectivity index (χ1) is 8.06. The third-order valence-corrected chi connectivity index (χ3v) is 3.18. The monoisotopic (exact) mass is 347 g/mol. The Kier molecular flexibility index (Phi) is 5.91. The van der Waals surface area contributed by atoms with Crippen molar-refractivity contribution in [3.63, 3.8) is 0 Å². The van der Waals surface area contributed by atoms with Crippen molar-refractivity contribution in [2.45, 2.75) is 26.3 Å². The Hall–Kier alpha value is -0.620. The van der Waals surface area contributed by atoms with Crippen LogP contribution in [0.25, 0.3) is 0 Å². The highest BCUT2D eigenvalue weighted by Gasteiger charge is 2.18. The molecule has 0 heterocycles. The summed E-state index contributed by atoms with van der Waals surface area (Å²) in [7, 11) is 0. The minimum Gasteiger partial charge on any atom is -0.396 e. The molecule has 3 nitrogen and oxygen atoms in total. The summed E-state index contributed by atoms with van der Waals surface area (Å²) in [6, 6.07) is 7.72. The zero-order valence-corrected chi connectivity index (χ0v) is 12.3. The van der Waals surface area contributed by atoms with Crippen molar-refractivity contribution >= 4 is 28.5 Å². The first-order valence-corrected chi connectivity index (χ1v) is 6.81. The maximum absolute atomic E-state index is 12.3. The van der Waals surface area contributed by atoms with Gasteiger partial charge in [0.2, 0.25) is 0 Å². The number of hydrogen-bond acceptors (Lipinski definition) is 2. The molecule has 0 bridgehead atoms. The Balaban J connectivity index is 2.84. The fourth-order valence-electron chi connectivity index (χ4n) is 1.62. The second kappa shape index (κ2) is 6.96. The van der Waals surface area contributed by atoms with Crippen LogP contribution >= 0.6 is 22.6 Å². The van der Waals surface area contributed by atoms with Crippen molar-refractivity contribution in [1.29, 1.82) is 0 Å². The summed E-state index contributed by atoms with van der Waals surface area (Å²) in [5.74, 6) is 0.0342. The van der Waals surface area contributed by atoms with Gasteiger partial charge in [-0.1, -0.05) is 6.07 Å². The second-order valence-corrected chi connectivity index (χ2v) is 5.43. The molecule has 0 saturated carbocycles. The van der Waals surface area contributed by atoms with E-state index in [-0.39, 0.29) is 18.6 Å². The molecule has 0 saturated heterocycles. The summed E-state index contributed by atoms with van der Waals surface area (Å²) >= 11 is 2.20. The lowest BCUT2D eigenvalue weighted by molar-refractivity contribution is 0.0693. The van der Waals surface area contributed by atoms with Gasteiger partial charge in [-0.3, -0.25) is 4.79 Å². The Morgan fingerprint density at radius 1 is 1.47 bits per heavy atom. The molecule has 1 amide bonds. The lowest BCUT2D eigenvalue weighted by atomic mass is 10.1. The fraction of sp³-hybridized carbons (Fsp3) is 0.462. The van der Waals surface area contributed by atoms with Gasteiger partial charge in [-0.15, -0.1) is 0 Å². The number of halogens is 1. The van der Waals surface area contributed by atoms with Gasteiger partial charge in [-0.2, -0.15) is 0 Å². The molecule has 4 heteroatoms. The van der Waals surface area contributed by atoms with Crippen molar-refractivity contribution in [3.8, 4) is 0 Å². The van der Waals surface area contributed by atoms with Crippen molar-refractivity contribution in [2.75, 3.05) is 13.2 Å². The van der Waals surface area contributed by atoms with Gasteiger partial charge in [0.25, 0.3) is 5.91 Å². The van der Waals surface area contributed by atoms with E-state index < -0.39 is 0 Å². The predicted molar refractivity (Wildman–Crippen MR) is 77.0 cm³/mol. The topological polar surface area (TPSA) is 40.5 Å². The standard InChI is InChI=1S/C13H18INO2/c1-10(2)15(7-4-8-16)13(17)11-5-3-6-12(14)9-11/h3,5-6,9-10,16H,4,7-8H2,1-2H3. The molecule has 0 aliphatic carbocycles. The van der Waals surface area contributed by atoms with Crippen LogP contribution in [0.1, 0.15) is 30.6 Å². The zero-order valence-electron chi connectivity index (χ0n) is 10.2. The second-order valence-electron chi connectivity index (χ2n) is 4.18. The largest absolute Gasteiger partial charge is 0.396 e. The molecule has 17 heavy (non-hydrogen) atoms. The third-order valence-electron chi connectivity index (χ3n) is 2.51. The van der Waals surface area contributed by atoms with Crippen LogP contribution < -0.4 is 0 Å². The van der Waals surface area contributed by atoms with E-state index in [4.69, 9.17) is 5.11 Å². The maximum atomic E-state index is 12.3. The van der Waals surface area contributed by atoms with Crippen LogP contribution in [0, 0.1) is 3.57 Å². The smallest absolute Gasteiger partial charge is 0.254 e. The highest BCUT2D eigenvalue weighted by atomic mass is 127. The van der Waals surface area contributed by atoms with Gasteiger partial charge in [0.1, 0.15) is 0 Å². The lowest BCUT2D eigenvalue weighted by Gasteiger charge is -2.26. The number of hydrogen-bond donors (Lipinski definition) is 1. The van der Waals surface area contributed by atoms with Crippen molar-refractivity contribution in [3.05, 3.63) is 33.4 Å². The summed E-state index contributed by atoms with van der Waals surface area (Å²) in [6.45, 7) is 4.69. The van der Waals surface area contributed by atoms with Gasteiger partial charge in [0.05, 0.1) is 0 Å². The molecule has 1 aromatic carbocycles. The summed E-state index contributed by atoms with van der Waals surface area (Å²) in [5, 5.41) is 8.85. The van der Waals surface area contributed by atoms with Crippen LogP contribution in [0.15, 0.2) is 24.3 Å². The van der Waals surface area contributed by atoms with E-state index in [1.165, 1.54) is 0 Å². The first-order valence-electron chi connectivity index (χ1n) is 5.73. The Morgan fingerprint density at radius 3 is 2.71 bits per heavy atom. The van der Waals surface area contributed by atoms with Crippen LogP contribution in [0.5, 0.6) is 0 Å². The van der Waals surface area contributed by atoms with Crippen molar-refractivity contribution in [2.24, 2.45) is 0 Å². The van der Waals surface area contributed by atoms with Crippen LogP contribution in [0.4, 0.5) is 0 Å². The molecule has 1 aromatic rings. The van der Waals surface area contributed by atoms with Gasteiger partial charge in [-0.25, -0.2) is 0 Å². The highest BCUT2D eigenvalue weighted by Crippen LogP contribution is 2.12. The fourth-order valence-corrected chi connectivity index (χ4v) is 2.17. The summed E-state index contributed by atoms with van der Waals surface area (Å²) in [4.78, 5) is 14.1. The number of rotatable bonds is 5. The van der Waals surface area contributed by atoms with Crippen molar-refractivity contribution in [1.82, 2.24) is 4.90 Å². The molecule has 0 radical (unpaired) electrons.